The number of hydrogen-bond donors (Lipinski definition) is 0. The molecule has 1 aromatic rings. The highest BCUT2D eigenvalue weighted by atomic mass is 15.1. The summed E-state index contributed by atoms with van der Waals surface area (Å²) >= 11 is 0. The van der Waals surface area contributed by atoms with Crippen LogP contribution in [0.25, 0.3) is 0 Å². The molecule has 1 saturated carbocycles. The fraction of sp³-hybridized carbons (Fsp3) is 0.600. The Morgan fingerprint density at radius 1 is 1.39 bits per heavy atom. The van der Waals surface area contributed by atoms with Crippen molar-refractivity contribution in [3.05, 3.63) is 24.0 Å². The van der Waals surface area contributed by atoms with Crippen molar-refractivity contribution in [1.82, 2.24) is 4.98 Å². The van der Waals surface area contributed by atoms with Crippen LogP contribution in [-0.4, -0.2) is 18.1 Å². The van der Waals surface area contributed by atoms with E-state index < -0.39 is 0 Å². The van der Waals surface area contributed by atoms with Crippen molar-refractivity contribution in [2.24, 2.45) is 5.92 Å². The maximum Gasteiger partial charge on any atom is 0.163 e. The van der Waals surface area contributed by atoms with Crippen molar-refractivity contribution in [2.75, 3.05) is 11.9 Å². The maximum absolute atomic E-state index is 9.11. The molecule has 1 aliphatic rings. The lowest BCUT2D eigenvalue weighted by molar-refractivity contribution is 0.313. The summed E-state index contributed by atoms with van der Waals surface area (Å²) in [5.74, 6) is 0.902. The van der Waals surface area contributed by atoms with Gasteiger partial charge in [0.05, 0.1) is 5.69 Å². The van der Waals surface area contributed by atoms with E-state index in [0.717, 1.165) is 11.6 Å². The molecule has 96 valence electrons. The Hall–Kier alpha value is -1.56. The van der Waals surface area contributed by atoms with Crippen LogP contribution in [0.1, 0.15) is 44.7 Å². The van der Waals surface area contributed by atoms with Crippen LogP contribution in [0.5, 0.6) is 0 Å². The van der Waals surface area contributed by atoms with Crippen LogP contribution < -0.4 is 4.90 Å². The summed E-state index contributed by atoms with van der Waals surface area (Å²) < 4.78 is 0. The molecule has 0 aliphatic heterocycles. The first-order valence-corrected chi connectivity index (χ1v) is 6.84. The minimum atomic E-state index is 0.539. The first-order chi connectivity index (χ1) is 8.76. The van der Waals surface area contributed by atoms with Crippen molar-refractivity contribution in [3.63, 3.8) is 0 Å². The Labute approximate surface area is 109 Å². The van der Waals surface area contributed by atoms with Crippen LogP contribution >= 0.6 is 0 Å². The van der Waals surface area contributed by atoms with E-state index in [9.17, 15) is 0 Å². The highest BCUT2D eigenvalue weighted by molar-refractivity contribution is 5.55. The number of hydrogen-bond acceptors (Lipinski definition) is 3. The molecule has 0 spiro atoms. The molecule has 1 fully saturated rings. The molecule has 0 atom stereocenters. The van der Waals surface area contributed by atoms with E-state index in [2.05, 4.69) is 29.9 Å². The van der Waals surface area contributed by atoms with Crippen molar-refractivity contribution >= 4 is 5.69 Å². The molecule has 1 heterocycles. The second kappa shape index (κ2) is 5.86. The molecular formula is C15H21N3. The highest BCUT2D eigenvalue weighted by Gasteiger charge is 2.24. The first-order valence-electron chi connectivity index (χ1n) is 6.84. The van der Waals surface area contributed by atoms with Crippen LogP contribution in [-0.2, 0) is 0 Å². The fourth-order valence-electron chi connectivity index (χ4n) is 2.90. The largest absolute Gasteiger partial charge is 0.369 e. The molecule has 0 N–H and O–H groups in total. The predicted octanol–water partition coefficient (Wildman–Crippen LogP) is 3.36. The van der Waals surface area contributed by atoms with Crippen LogP contribution in [0.2, 0.25) is 0 Å². The minimum Gasteiger partial charge on any atom is -0.369 e. The number of anilines is 1. The second-order valence-electron chi connectivity index (χ2n) is 5.18. The molecule has 0 bridgehead atoms. The fourth-order valence-corrected chi connectivity index (χ4v) is 2.90. The average molecular weight is 243 g/mol. The smallest absolute Gasteiger partial charge is 0.163 e. The monoisotopic (exact) mass is 243 g/mol. The van der Waals surface area contributed by atoms with Gasteiger partial charge in [0, 0.05) is 19.3 Å². The van der Waals surface area contributed by atoms with Crippen molar-refractivity contribution in [3.8, 4) is 6.07 Å². The van der Waals surface area contributed by atoms with Crippen molar-refractivity contribution in [2.45, 2.75) is 45.1 Å². The van der Waals surface area contributed by atoms with Crippen LogP contribution in [0.3, 0.4) is 0 Å². The van der Waals surface area contributed by atoms with E-state index in [1.165, 1.54) is 32.1 Å². The van der Waals surface area contributed by atoms with Crippen molar-refractivity contribution in [1.29, 1.82) is 5.26 Å². The Morgan fingerprint density at radius 2 is 2.11 bits per heavy atom. The molecular weight excluding hydrogens is 222 g/mol. The third-order valence-electron chi connectivity index (χ3n) is 4.21. The zero-order chi connectivity index (χ0) is 13.0. The van der Waals surface area contributed by atoms with Gasteiger partial charge in [0.1, 0.15) is 6.07 Å². The lowest BCUT2D eigenvalue weighted by Gasteiger charge is -2.35. The van der Waals surface area contributed by atoms with Gasteiger partial charge >= 0.3 is 0 Å². The normalized spacial score (nSPS) is 23.4. The maximum atomic E-state index is 9.11. The standard InChI is InChI=1S/C15H21N3/c1-3-12-6-8-13(9-7-12)18(2)15-5-4-10-17-14(15)11-16/h4-5,10,12-13H,3,6-9H2,1-2H3. The zero-order valence-electron chi connectivity index (χ0n) is 11.3. The van der Waals surface area contributed by atoms with Gasteiger partial charge in [-0.2, -0.15) is 5.26 Å². The predicted molar refractivity (Wildman–Crippen MR) is 73.4 cm³/mol. The summed E-state index contributed by atoms with van der Waals surface area (Å²) in [4.78, 5) is 6.39. The van der Waals surface area contributed by atoms with Gasteiger partial charge in [-0.1, -0.05) is 13.3 Å². The molecule has 0 aromatic carbocycles. The van der Waals surface area contributed by atoms with E-state index in [1.807, 2.05) is 12.1 Å². The van der Waals surface area contributed by atoms with E-state index in [4.69, 9.17) is 5.26 Å². The second-order valence-corrected chi connectivity index (χ2v) is 5.18. The molecule has 3 heteroatoms. The molecule has 0 amide bonds. The molecule has 1 aromatic heterocycles. The molecule has 1 aliphatic carbocycles. The number of nitriles is 1. The Kier molecular flexibility index (Phi) is 4.19. The zero-order valence-corrected chi connectivity index (χ0v) is 11.3. The molecule has 0 unspecified atom stereocenters. The van der Waals surface area contributed by atoms with Crippen molar-refractivity contribution < 1.29 is 0 Å². The van der Waals surface area contributed by atoms with Gasteiger partial charge in [0.2, 0.25) is 0 Å². The molecule has 0 radical (unpaired) electrons. The van der Waals surface area contributed by atoms with Gasteiger partial charge in [-0.05, 0) is 43.7 Å². The molecule has 3 nitrogen and oxygen atoms in total. The first kappa shape index (κ1) is 12.9. The SMILES string of the molecule is CCC1CCC(N(C)c2cccnc2C#N)CC1. The van der Waals surface area contributed by atoms with E-state index in [1.54, 1.807) is 6.20 Å². The molecule has 2 rings (SSSR count). The molecule has 0 saturated heterocycles. The van der Waals surface area contributed by atoms with Crippen LogP contribution in [0.4, 0.5) is 5.69 Å². The summed E-state index contributed by atoms with van der Waals surface area (Å²) in [6.07, 6.45) is 8.07. The Bertz CT molecular complexity index is 428. The van der Waals surface area contributed by atoms with Gasteiger partial charge < -0.3 is 4.90 Å². The summed E-state index contributed by atoms with van der Waals surface area (Å²) in [7, 11) is 2.09. The Balaban J connectivity index is 2.08. The van der Waals surface area contributed by atoms with Gasteiger partial charge in [-0.15, -0.1) is 0 Å². The Morgan fingerprint density at radius 3 is 2.72 bits per heavy atom. The molecule has 18 heavy (non-hydrogen) atoms. The lowest BCUT2D eigenvalue weighted by atomic mass is 9.84. The number of aromatic nitrogens is 1. The summed E-state index contributed by atoms with van der Waals surface area (Å²) in [6, 6.07) is 6.65. The van der Waals surface area contributed by atoms with E-state index in [-0.39, 0.29) is 0 Å². The van der Waals surface area contributed by atoms with Crippen LogP contribution in [0.15, 0.2) is 18.3 Å². The summed E-state index contributed by atoms with van der Waals surface area (Å²) in [6.45, 7) is 2.28. The topological polar surface area (TPSA) is 39.9 Å². The third kappa shape index (κ3) is 2.64. The van der Waals surface area contributed by atoms with E-state index >= 15 is 0 Å². The van der Waals surface area contributed by atoms with E-state index in [0.29, 0.717) is 11.7 Å². The third-order valence-corrected chi connectivity index (χ3v) is 4.21. The minimum absolute atomic E-state index is 0.539. The van der Waals surface area contributed by atoms with Crippen LogP contribution in [0, 0.1) is 17.2 Å². The average Bonchev–Trinajstić information content (AvgIpc) is 2.46. The summed E-state index contributed by atoms with van der Waals surface area (Å²) in [5, 5.41) is 9.11. The number of pyridine rings is 1. The number of rotatable bonds is 3. The van der Waals surface area contributed by atoms with Gasteiger partial charge in [-0.3, -0.25) is 0 Å². The summed E-state index contributed by atoms with van der Waals surface area (Å²) in [5.41, 5.74) is 1.51. The van der Waals surface area contributed by atoms with Gasteiger partial charge in [0.25, 0.3) is 0 Å². The lowest BCUT2D eigenvalue weighted by Crippen LogP contribution is -2.35. The quantitative estimate of drug-likeness (QED) is 0.817. The van der Waals surface area contributed by atoms with Gasteiger partial charge in [0.15, 0.2) is 5.69 Å². The highest BCUT2D eigenvalue weighted by Crippen LogP contribution is 2.31. The number of nitrogens with zero attached hydrogens (tertiary/aromatic N) is 3. The van der Waals surface area contributed by atoms with Gasteiger partial charge in [-0.25, -0.2) is 4.98 Å².